The molecule has 84 valence electrons. The van der Waals surface area contributed by atoms with Crippen LogP contribution in [-0.2, 0) is 0 Å². The van der Waals surface area contributed by atoms with Crippen molar-refractivity contribution in [2.45, 2.75) is 13.8 Å². The van der Waals surface area contributed by atoms with Gasteiger partial charge in [0.05, 0.1) is 6.07 Å². The number of nitrogens with zero attached hydrogens (tertiary/aromatic N) is 2. The summed E-state index contributed by atoms with van der Waals surface area (Å²) in [6.07, 6.45) is 0. The van der Waals surface area contributed by atoms with Gasteiger partial charge in [0.2, 0.25) is 0 Å². The SMILES string of the molecule is CCN(CC#N)C(=O)c1ccc(C)c(Br)c1. The number of amides is 1. The molecule has 4 heteroatoms. The van der Waals surface area contributed by atoms with Gasteiger partial charge in [-0.1, -0.05) is 22.0 Å². The Labute approximate surface area is 104 Å². The first-order chi connectivity index (χ1) is 7.60. The Morgan fingerprint density at radius 3 is 2.75 bits per heavy atom. The number of halogens is 1. The highest BCUT2D eigenvalue weighted by molar-refractivity contribution is 9.10. The zero-order valence-electron chi connectivity index (χ0n) is 9.33. The molecule has 0 aliphatic heterocycles. The largest absolute Gasteiger partial charge is 0.326 e. The van der Waals surface area contributed by atoms with E-state index in [4.69, 9.17) is 5.26 Å². The van der Waals surface area contributed by atoms with E-state index in [9.17, 15) is 4.79 Å². The molecule has 0 unspecified atom stereocenters. The monoisotopic (exact) mass is 280 g/mol. The molecule has 0 heterocycles. The van der Waals surface area contributed by atoms with Gasteiger partial charge in [0.1, 0.15) is 6.54 Å². The highest BCUT2D eigenvalue weighted by Gasteiger charge is 2.14. The van der Waals surface area contributed by atoms with Gasteiger partial charge in [0.25, 0.3) is 5.91 Å². The van der Waals surface area contributed by atoms with E-state index in [1.54, 1.807) is 12.1 Å². The summed E-state index contributed by atoms with van der Waals surface area (Å²) in [4.78, 5) is 13.5. The van der Waals surface area contributed by atoms with Crippen molar-refractivity contribution in [3.8, 4) is 6.07 Å². The van der Waals surface area contributed by atoms with E-state index in [1.807, 2.05) is 26.0 Å². The molecule has 1 rings (SSSR count). The molecule has 0 spiro atoms. The summed E-state index contributed by atoms with van der Waals surface area (Å²) in [7, 11) is 0. The van der Waals surface area contributed by atoms with E-state index >= 15 is 0 Å². The summed E-state index contributed by atoms with van der Waals surface area (Å²) >= 11 is 3.39. The zero-order valence-corrected chi connectivity index (χ0v) is 10.9. The number of rotatable bonds is 3. The van der Waals surface area contributed by atoms with E-state index in [2.05, 4.69) is 15.9 Å². The smallest absolute Gasteiger partial charge is 0.254 e. The number of hydrogen-bond acceptors (Lipinski definition) is 2. The lowest BCUT2D eigenvalue weighted by Gasteiger charge is -2.17. The minimum Gasteiger partial charge on any atom is -0.326 e. The normalized spacial score (nSPS) is 9.62. The van der Waals surface area contributed by atoms with Crippen LogP contribution in [0.4, 0.5) is 0 Å². The summed E-state index contributed by atoms with van der Waals surface area (Å²) in [5.41, 5.74) is 1.69. The molecule has 0 saturated carbocycles. The van der Waals surface area contributed by atoms with Gasteiger partial charge in [-0.05, 0) is 31.5 Å². The van der Waals surface area contributed by atoms with Crippen LogP contribution in [0, 0.1) is 18.3 Å². The predicted molar refractivity (Wildman–Crippen MR) is 66.1 cm³/mol. The molecule has 0 saturated heterocycles. The lowest BCUT2D eigenvalue weighted by molar-refractivity contribution is 0.0784. The average Bonchev–Trinajstić information content (AvgIpc) is 2.28. The number of carbonyl (C=O) groups is 1. The average molecular weight is 281 g/mol. The Kier molecular flexibility index (Phi) is 4.51. The van der Waals surface area contributed by atoms with Crippen molar-refractivity contribution in [2.75, 3.05) is 13.1 Å². The fraction of sp³-hybridized carbons (Fsp3) is 0.333. The van der Waals surface area contributed by atoms with Crippen LogP contribution in [0.25, 0.3) is 0 Å². The van der Waals surface area contributed by atoms with Gasteiger partial charge in [-0.3, -0.25) is 4.79 Å². The molecular formula is C12H13BrN2O. The molecule has 0 aliphatic carbocycles. The summed E-state index contributed by atoms with van der Waals surface area (Å²) in [6.45, 7) is 4.49. The van der Waals surface area contributed by atoms with Crippen LogP contribution >= 0.6 is 15.9 Å². The number of carbonyl (C=O) groups excluding carboxylic acids is 1. The molecule has 0 aliphatic rings. The van der Waals surface area contributed by atoms with Gasteiger partial charge in [-0.2, -0.15) is 5.26 Å². The number of nitriles is 1. The maximum atomic E-state index is 12.0. The lowest BCUT2D eigenvalue weighted by atomic mass is 10.1. The topological polar surface area (TPSA) is 44.1 Å². The third kappa shape index (κ3) is 2.83. The Morgan fingerprint density at radius 1 is 1.56 bits per heavy atom. The van der Waals surface area contributed by atoms with Crippen molar-refractivity contribution in [3.05, 3.63) is 33.8 Å². The molecular weight excluding hydrogens is 268 g/mol. The quantitative estimate of drug-likeness (QED) is 0.799. The highest BCUT2D eigenvalue weighted by Crippen LogP contribution is 2.18. The molecule has 3 nitrogen and oxygen atoms in total. The molecule has 1 aromatic rings. The number of benzene rings is 1. The second-order valence-corrected chi connectivity index (χ2v) is 4.30. The number of aryl methyl sites for hydroxylation is 1. The fourth-order valence-electron chi connectivity index (χ4n) is 1.32. The summed E-state index contributed by atoms with van der Waals surface area (Å²) in [5, 5.41) is 8.61. The van der Waals surface area contributed by atoms with Crippen molar-refractivity contribution in [1.29, 1.82) is 5.26 Å². The van der Waals surface area contributed by atoms with Crippen LogP contribution in [0.2, 0.25) is 0 Å². The van der Waals surface area contributed by atoms with Gasteiger partial charge in [-0.25, -0.2) is 0 Å². The van der Waals surface area contributed by atoms with Crippen molar-refractivity contribution < 1.29 is 4.79 Å². The van der Waals surface area contributed by atoms with Gasteiger partial charge in [0.15, 0.2) is 0 Å². The maximum Gasteiger partial charge on any atom is 0.254 e. The van der Waals surface area contributed by atoms with Gasteiger partial charge >= 0.3 is 0 Å². The van der Waals surface area contributed by atoms with E-state index in [-0.39, 0.29) is 12.5 Å². The third-order valence-electron chi connectivity index (χ3n) is 2.35. The minimum atomic E-state index is -0.107. The van der Waals surface area contributed by atoms with Crippen molar-refractivity contribution in [1.82, 2.24) is 4.90 Å². The second-order valence-electron chi connectivity index (χ2n) is 3.44. The molecule has 0 atom stereocenters. The summed E-state index contributed by atoms with van der Waals surface area (Å²) in [6, 6.07) is 7.44. The van der Waals surface area contributed by atoms with Gasteiger partial charge in [0, 0.05) is 16.6 Å². The first-order valence-electron chi connectivity index (χ1n) is 5.02. The van der Waals surface area contributed by atoms with Crippen molar-refractivity contribution in [2.24, 2.45) is 0 Å². The van der Waals surface area contributed by atoms with E-state index < -0.39 is 0 Å². The van der Waals surface area contributed by atoms with Crippen LogP contribution < -0.4 is 0 Å². The molecule has 1 aromatic carbocycles. The van der Waals surface area contributed by atoms with E-state index in [0.29, 0.717) is 12.1 Å². The lowest BCUT2D eigenvalue weighted by Crippen LogP contribution is -2.31. The third-order valence-corrected chi connectivity index (χ3v) is 3.20. The molecule has 1 amide bonds. The van der Waals surface area contributed by atoms with Gasteiger partial charge in [-0.15, -0.1) is 0 Å². The second kappa shape index (κ2) is 5.66. The van der Waals surface area contributed by atoms with E-state index in [0.717, 1.165) is 10.0 Å². The Morgan fingerprint density at radius 2 is 2.25 bits per heavy atom. The first kappa shape index (κ1) is 12.7. The first-order valence-corrected chi connectivity index (χ1v) is 5.81. The van der Waals surface area contributed by atoms with Crippen LogP contribution in [0.15, 0.2) is 22.7 Å². The Bertz CT molecular complexity index is 437. The Hall–Kier alpha value is -1.34. The van der Waals surface area contributed by atoms with E-state index in [1.165, 1.54) is 4.90 Å². The molecule has 0 bridgehead atoms. The molecule has 0 radical (unpaired) electrons. The van der Waals surface area contributed by atoms with Crippen molar-refractivity contribution in [3.63, 3.8) is 0 Å². The number of hydrogen-bond donors (Lipinski definition) is 0. The summed E-state index contributed by atoms with van der Waals surface area (Å²) in [5.74, 6) is -0.107. The molecule has 0 N–H and O–H groups in total. The standard InChI is InChI=1S/C12H13BrN2O/c1-3-15(7-6-14)12(16)10-5-4-9(2)11(13)8-10/h4-5,8H,3,7H2,1-2H3. The van der Waals surface area contributed by atoms with Crippen LogP contribution in [0.5, 0.6) is 0 Å². The van der Waals surface area contributed by atoms with Crippen LogP contribution in [0.1, 0.15) is 22.8 Å². The van der Waals surface area contributed by atoms with Crippen LogP contribution in [0.3, 0.4) is 0 Å². The minimum absolute atomic E-state index is 0.107. The maximum absolute atomic E-state index is 12.0. The molecule has 16 heavy (non-hydrogen) atoms. The molecule has 0 fully saturated rings. The fourth-order valence-corrected chi connectivity index (χ4v) is 1.70. The Balaban J connectivity index is 2.95. The summed E-state index contributed by atoms with van der Waals surface area (Å²) < 4.78 is 0.909. The zero-order chi connectivity index (χ0) is 12.1. The van der Waals surface area contributed by atoms with Gasteiger partial charge < -0.3 is 4.90 Å². The predicted octanol–water partition coefficient (Wildman–Crippen LogP) is 2.74. The highest BCUT2D eigenvalue weighted by atomic mass is 79.9. The molecule has 0 aromatic heterocycles. The van der Waals surface area contributed by atoms with Crippen molar-refractivity contribution >= 4 is 21.8 Å². The van der Waals surface area contributed by atoms with Crippen LogP contribution in [-0.4, -0.2) is 23.9 Å².